The maximum absolute atomic E-state index is 12.6. The summed E-state index contributed by atoms with van der Waals surface area (Å²) in [7, 11) is 0. The van der Waals surface area contributed by atoms with E-state index in [0.717, 1.165) is 33.4 Å². The van der Waals surface area contributed by atoms with Crippen molar-refractivity contribution in [3.05, 3.63) is 95.2 Å². The Balaban J connectivity index is 1.29. The normalized spacial score (nSPS) is 14.6. The van der Waals surface area contributed by atoms with Crippen LogP contribution in [0, 0.1) is 13.8 Å². The summed E-state index contributed by atoms with van der Waals surface area (Å²) in [5.74, 6) is -0.285. The molecule has 4 aromatic rings. The number of amides is 1. The fourth-order valence-corrected chi connectivity index (χ4v) is 4.47. The Morgan fingerprint density at radius 3 is 2.05 bits per heavy atom. The third-order valence-corrected chi connectivity index (χ3v) is 7.01. The predicted octanol–water partition coefficient (Wildman–Crippen LogP) is 7.05. The number of ether oxygens (including phenoxy) is 1. The van der Waals surface area contributed by atoms with Gasteiger partial charge in [-0.3, -0.25) is 10.1 Å². The predicted molar refractivity (Wildman–Crippen MR) is 140 cm³/mol. The number of benzene rings is 3. The highest BCUT2D eigenvalue weighted by molar-refractivity contribution is 5.91. The fourth-order valence-electron chi connectivity index (χ4n) is 4.47. The lowest BCUT2D eigenvalue weighted by Gasteiger charge is -2.14. The van der Waals surface area contributed by atoms with Crippen LogP contribution in [0.3, 0.4) is 0 Å². The highest BCUT2D eigenvalue weighted by atomic mass is 16.6. The number of aromatic nitrogens is 1. The maximum atomic E-state index is 12.6. The van der Waals surface area contributed by atoms with Crippen LogP contribution in [0.5, 0.6) is 0 Å². The molecule has 5 rings (SSSR count). The number of carboxylic acid groups (broad SMARTS) is 1. The van der Waals surface area contributed by atoms with E-state index < -0.39 is 23.6 Å². The third-order valence-electron chi connectivity index (χ3n) is 7.01. The zero-order valence-electron chi connectivity index (χ0n) is 20.9. The Labute approximate surface area is 215 Å². The second-order valence-electron chi connectivity index (χ2n) is 9.59. The number of rotatable bonds is 7. The summed E-state index contributed by atoms with van der Waals surface area (Å²) in [6, 6.07) is 23.3. The van der Waals surface area contributed by atoms with Gasteiger partial charge in [0.05, 0.1) is 5.41 Å². The van der Waals surface area contributed by atoms with Crippen LogP contribution in [0.25, 0.3) is 22.4 Å². The van der Waals surface area contributed by atoms with Gasteiger partial charge >= 0.3 is 12.1 Å². The lowest BCUT2D eigenvalue weighted by atomic mass is 9.93. The quantitative estimate of drug-likeness (QED) is 0.284. The van der Waals surface area contributed by atoms with E-state index in [1.165, 1.54) is 0 Å². The summed E-state index contributed by atoms with van der Waals surface area (Å²) in [4.78, 5) is 24.2. The minimum absolute atomic E-state index is 0.416. The second kappa shape index (κ2) is 9.58. The molecule has 0 bridgehead atoms. The van der Waals surface area contributed by atoms with Gasteiger partial charge in [0.15, 0.2) is 5.76 Å². The van der Waals surface area contributed by atoms with Crippen molar-refractivity contribution in [1.29, 1.82) is 0 Å². The molecule has 2 N–H and O–H groups in total. The maximum Gasteiger partial charge on any atom is 0.412 e. The largest absolute Gasteiger partial charge is 0.481 e. The molecule has 1 atom stereocenters. The van der Waals surface area contributed by atoms with Crippen molar-refractivity contribution in [2.75, 3.05) is 5.32 Å². The lowest BCUT2D eigenvalue weighted by molar-refractivity contribution is -0.140. The van der Waals surface area contributed by atoms with E-state index in [0.29, 0.717) is 30.0 Å². The molecular formula is C30H28N2O5. The molecule has 7 heteroatoms. The highest BCUT2D eigenvalue weighted by Crippen LogP contribution is 2.48. The van der Waals surface area contributed by atoms with Crippen molar-refractivity contribution in [2.45, 2.75) is 45.1 Å². The molecule has 0 saturated heterocycles. The molecule has 1 aliphatic carbocycles. The zero-order valence-corrected chi connectivity index (χ0v) is 20.9. The van der Waals surface area contributed by atoms with Gasteiger partial charge in [0, 0.05) is 5.56 Å². The minimum Gasteiger partial charge on any atom is -0.481 e. The number of anilines is 1. The lowest BCUT2D eigenvalue weighted by Crippen LogP contribution is -2.19. The summed E-state index contributed by atoms with van der Waals surface area (Å²) in [6.45, 7) is 5.56. The van der Waals surface area contributed by atoms with Crippen molar-refractivity contribution in [3.8, 4) is 22.4 Å². The Morgan fingerprint density at radius 1 is 0.919 bits per heavy atom. The monoisotopic (exact) mass is 496 g/mol. The van der Waals surface area contributed by atoms with E-state index in [-0.39, 0.29) is 0 Å². The average molecular weight is 497 g/mol. The average Bonchev–Trinajstić information content (AvgIpc) is 3.64. The number of nitrogens with one attached hydrogen (secondary N) is 1. The van der Waals surface area contributed by atoms with Gasteiger partial charge in [-0.25, -0.2) is 4.79 Å². The minimum atomic E-state index is -0.759. The molecular weight excluding hydrogens is 468 g/mol. The molecule has 7 nitrogen and oxygen atoms in total. The number of carbonyl (C=O) groups is 2. The zero-order chi connectivity index (χ0) is 26.2. The van der Waals surface area contributed by atoms with E-state index in [1.54, 1.807) is 6.92 Å². The van der Waals surface area contributed by atoms with Gasteiger partial charge < -0.3 is 14.4 Å². The molecule has 1 unspecified atom stereocenters. The van der Waals surface area contributed by atoms with Gasteiger partial charge in [-0.05, 0) is 55.9 Å². The highest BCUT2D eigenvalue weighted by Gasteiger charge is 2.51. The molecule has 1 fully saturated rings. The molecule has 0 radical (unpaired) electrons. The van der Waals surface area contributed by atoms with E-state index in [4.69, 9.17) is 9.26 Å². The van der Waals surface area contributed by atoms with E-state index in [2.05, 4.69) is 10.5 Å². The SMILES string of the molecule is Cc1ccc(C(C)OC(=O)Nc2c(-c3ccc(-c4ccc(C5(C(=O)O)CC5)cc4)cc3)noc2C)cc1. The van der Waals surface area contributed by atoms with Crippen LogP contribution in [0.1, 0.15) is 48.3 Å². The topological polar surface area (TPSA) is 102 Å². The molecule has 188 valence electrons. The van der Waals surface area contributed by atoms with Crippen LogP contribution in [0.15, 0.2) is 77.3 Å². The van der Waals surface area contributed by atoms with Gasteiger partial charge in [0.25, 0.3) is 0 Å². The number of hydrogen-bond acceptors (Lipinski definition) is 5. The molecule has 0 aliphatic heterocycles. The van der Waals surface area contributed by atoms with Gasteiger partial charge in [0.2, 0.25) is 0 Å². The summed E-state index contributed by atoms with van der Waals surface area (Å²) in [6.07, 6.45) is 0.358. The summed E-state index contributed by atoms with van der Waals surface area (Å²) >= 11 is 0. The van der Waals surface area contributed by atoms with Gasteiger partial charge in [-0.1, -0.05) is 83.5 Å². The van der Waals surface area contributed by atoms with Gasteiger partial charge in [0.1, 0.15) is 17.5 Å². The Bertz CT molecular complexity index is 1430. The first-order valence-corrected chi connectivity index (χ1v) is 12.2. The van der Waals surface area contributed by atoms with E-state index in [1.807, 2.05) is 86.6 Å². The van der Waals surface area contributed by atoms with E-state index >= 15 is 0 Å². The number of carboxylic acids is 1. The molecule has 1 aliphatic rings. The molecule has 1 aromatic heterocycles. The van der Waals surface area contributed by atoms with E-state index in [9.17, 15) is 14.7 Å². The molecule has 1 amide bonds. The summed E-state index contributed by atoms with van der Waals surface area (Å²) in [5, 5.41) is 16.5. The van der Waals surface area contributed by atoms with Gasteiger partial charge in [-0.2, -0.15) is 0 Å². The van der Waals surface area contributed by atoms with Crippen LogP contribution in [0.4, 0.5) is 10.5 Å². The number of nitrogens with zero attached hydrogens (tertiary/aromatic N) is 1. The Hall–Kier alpha value is -4.39. The van der Waals surface area contributed by atoms with Crippen LogP contribution in [-0.4, -0.2) is 22.3 Å². The van der Waals surface area contributed by atoms with Crippen molar-refractivity contribution in [2.24, 2.45) is 0 Å². The van der Waals surface area contributed by atoms with Crippen molar-refractivity contribution >= 4 is 17.7 Å². The van der Waals surface area contributed by atoms with Crippen LogP contribution < -0.4 is 5.32 Å². The number of hydrogen-bond donors (Lipinski definition) is 2. The first-order valence-electron chi connectivity index (χ1n) is 12.2. The Kier molecular flexibility index (Phi) is 6.29. The number of aliphatic carboxylic acids is 1. The van der Waals surface area contributed by atoms with Crippen molar-refractivity contribution in [3.63, 3.8) is 0 Å². The summed E-state index contributed by atoms with van der Waals surface area (Å²) < 4.78 is 10.9. The van der Waals surface area contributed by atoms with Crippen LogP contribution in [0.2, 0.25) is 0 Å². The first kappa shape index (κ1) is 24.3. The molecule has 1 saturated carbocycles. The first-order chi connectivity index (χ1) is 17.8. The Morgan fingerprint density at radius 2 is 1.49 bits per heavy atom. The molecule has 37 heavy (non-hydrogen) atoms. The summed E-state index contributed by atoms with van der Waals surface area (Å²) in [5.41, 5.74) is 5.89. The smallest absolute Gasteiger partial charge is 0.412 e. The standard InChI is InChI=1S/C30H28N2O5/c1-18-4-6-21(7-5-18)19(2)36-29(35)31-26-20(3)37-32-27(26)24-10-8-22(9-11-24)23-12-14-25(15-13-23)30(16-17-30)28(33)34/h4-15,19H,16-17H2,1-3H3,(H,31,35)(H,33,34). The van der Waals surface area contributed by atoms with Crippen molar-refractivity contribution < 1.29 is 24.0 Å². The third kappa shape index (κ3) is 4.85. The molecule has 3 aromatic carbocycles. The van der Waals surface area contributed by atoms with Crippen LogP contribution in [-0.2, 0) is 14.9 Å². The van der Waals surface area contributed by atoms with Crippen molar-refractivity contribution in [1.82, 2.24) is 5.16 Å². The fraction of sp³-hybridized carbons (Fsp3) is 0.233. The molecule has 0 spiro atoms. The van der Waals surface area contributed by atoms with Crippen LogP contribution >= 0.6 is 0 Å². The van der Waals surface area contributed by atoms with Gasteiger partial charge in [-0.15, -0.1) is 0 Å². The number of carbonyl (C=O) groups excluding carboxylic acids is 1. The second-order valence-corrected chi connectivity index (χ2v) is 9.59. The molecule has 1 heterocycles. The number of aryl methyl sites for hydroxylation is 2.